The highest BCUT2D eigenvalue weighted by Crippen LogP contribution is 2.36. The van der Waals surface area contributed by atoms with Gasteiger partial charge in [-0.1, -0.05) is 0 Å². The quantitative estimate of drug-likeness (QED) is 0.267. The number of thiophene rings is 1. The van der Waals surface area contributed by atoms with Gasteiger partial charge in [0.05, 0.1) is 10.1 Å². The minimum atomic E-state index is -5.08. The Labute approximate surface area is 210 Å². The number of aliphatic carboxylic acids is 2. The molecule has 0 aliphatic heterocycles. The summed E-state index contributed by atoms with van der Waals surface area (Å²) in [5.74, 6) is -6.10. The number of hydrogen-bond donors (Lipinski definition) is 2. The van der Waals surface area contributed by atoms with Crippen molar-refractivity contribution in [2.75, 3.05) is 0 Å². The summed E-state index contributed by atoms with van der Waals surface area (Å²) in [7, 11) is 1.59. The zero-order chi connectivity index (χ0) is 28.8. The number of fused-ring (bicyclic) bond motifs is 1. The molecule has 0 saturated heterocycles. The van der Waals surface area contributed by atoms with Crippen LogP contribution < -0.4 is 5.56 Å². The Hall–Kier alpha value is -4.41. The lowest BCUT2D eigenvalue weighted by Gasteiger charge is -2.06. The van der Waals surface area contributed by atoms with E-state index < -0.39 is 30.2 Å². The van der Waals surface area contributed by atoms with E-state index >= 15 is 0 Å². The largest absolute Gasteiger partial charge is 0.490 e. The van der Waals surface area contributed by atoms with E-state index in [0.29, 0.717) is 16.6 Å². The first-order chi connectivity index (χ1) is 17.5. The Morgan fingerprint density at radius 2 is 1.42 bits per heavy atom. The molecule has 17 heteroatoms. The second-order valence-corrected chi connectivity index (χ2v) is 7.72. The lowest BCUT2D eigenvalue weighted by atomic mass is 10.1. The van der Waals surface area contributed by atoms with Crippen LogP contribution in [0.25, 0.3) is 32.5 Å². The van der Waals surface area contributed by atoms with Crippen molar-refractivity contribution in [1.29, 1.82) is 0 Å². The Kier molecular flexibility index (Phi) is 9.23. The maximum Gasteiger partial charge on any atom is 0.490 e. The predicted octanol–water partition coefficient (Wildman–Crippen LogP) is 4.52. The average Bonchev–Trinajstić information content (AvgIpc) is 3.27. The van der Waals surface area contributed by atoms with Gasteiger partial charge in [-0.2, -0.15) is 35.8 Å². The van der Waals surface area contributed by atoms with Crippen LogP contribution >= 0.6 is 11.3 Å². The highest BCUT2D eigenvalue weighted by molar-refractivity contribution is 7.18. The Morgan fingerprint density at radius 3 is 1.89 bits per heavy atom. The van der Waals surface area contributed by atoms with Crippen LogP contribution in [0.1, 0.15) is 0 Å². The van der Waals surface area contributed by atoms with E-state index in [1.165, 1.54) is 28.3 Å². The molecule has 0 aliphatic carbocycles. The summed E-state index contributed by atoms with van der Waals surface area (Å²) in [5.41, 5.74) is 2.71. The number of aryl methyl sites for hydroxylation is 1. The van der Waals surface area contributed by atoms with Crippen LogP contribution in [0.5, 0.6) is 0 Å². The fourth-order valence-electron chi connectivity index (χ4n) is 2.63. The van der Waals surface area contributed by atoms with Crippen molar-refractivity contribution in [3.05, 3.63) is 64.5 Å². The van der Waals surface area contributed by atoms with Gasteiger partial charge < -0.3 is 10.2 Å². The topological polar surface area (TPSA) is 135 Å². The molecule has 0 amide bonds. The molecule has 38 heavy (non-hydrogen) atoms. The number of hydrogen-bond acceptors (Lipinski definition) is 7. The van der Waals surface area contributed by atoms with E-state index in [1.54, 1.807) is 25.5 Å². The second-order valence-electron chi connectivity index (χ2n) is 6.84. The highest BCUT2D eigenvalue weighted by atomic mass is 32.1. The Balaban J connectivity index is 0.000000301. The normalized spacial score (nSPS) is 11.2. The Bertz CT molecular complexity index is 1480. The van der Waals surface area contributed by atoms with Gasteiger partial charge in [-0.15, -0.1) is 11.3 Å². The van der Waals surface area contributed by atoms with Gasteiger partial charge in [-0.05, 0) is 23.8 Å². The van der Waals surface area contributed by atoms with Crippen molar-refractivity contribution in [2.24, 2.45) is 7.05 Å². The molecule has 2 N–H and O–H groups in total. The monoisotopic (exact) mass is 566 g/mol. The number of carboxylic acid groups (broad SMARTS) is 2. The van der Waals surface area contributed by atoms with Crippen molar-refractivity contribution < 1.29 is 50.5 Å². The lowest BCUT2D eigenvalue weighted by molar-refractivity contribution is -0.193. The number of aromatic nitrogens is 4. The molecule has 0 aromatic carbocycles. The molecule has 4 aromatic rings. The number of nitrogens with zero attached hydrogens (tertiary/aromatic N) is 4. The third-order valence-electron chi connectivity index (χ3n) is 4.24. The third kappa shape index (κ3) is 7.55. The van der Waals surface area contributed by atoms with Gasteiger partial charge in [-0.3, -0.25) is 9.78 Å². The highest BCUT2D eigenvalue weighted by Gasteiger charge is 2.38. The summed E-state index contributed by atoms with van der Waals surface area (Å²) in [6, 6.07) is 6.71. The van der Waals surface area contributed by atoms with Crippen molar-refractivity contribution >= 4 is 33.4 Å². The molecule has 4 heterocycles. The van der Waals surface area contributed by atoms with Gasteiger partial charge in [0.25, 0.3) is 5.56 Å². The van der Waals surface area contributed by atoms with Crippen LogP contribution in [-0.4, -0.2) is 54.3 Å². The predicted molar refractivity (Wildman–Crippen MR) is 119 cm³/mol. The number of halogens is 7. The van der Waals surface area contributed by atoms with Gasteiger partial charge in [0.2, 0.25) is 5.95 Å². The molecule has 9 nitrogen and oxygen atoms in total. The van der Waals surface area contributed by atoms with Gasteiger partial charge in [-0.25, -0.2) is 19.3 Å². The molecular formula is C21H13F7N4O5S. The maximum absolute atomic E-state index is 13.5. The molecule has 0 unspecified atom stereocenters. The van der Waals surface area contributed by atoms with Crippen LogP contribution in [0.3, 0.4) is 0 Å². The summed E-state index contributed by atoms with van der Waals surface area (Å²) in [6.07, 6.45) is -5.41. The summed E-state index contributed by atoms with van der Waals surface area (Å²) in [4.78, 5) is 38.0. The number of carboxylic acids is 2. The summed E-state index contributed by atoms with van der Waals surface area (Å²) in [5, 5.41) is 21.1. The van der Waals surface area contributed by atoms with Crippen molar-refractivity contribution in [3.8, 4) is 22.4 Å². The van der Waals surface area contributed by atoms with E-state index in [1.807, 2.05) is 17.5 Å². The molecule has 4 aromatic heterocycles. The van der Waals surface area contributed by atoms with Crippen LogP contribution in [-0.2, 0) is 16.6 Å². The lowest BCUT2D eigenvalue weighted by Crippen LogP contribution is -2.21. The first kappa shape index (κ1) is 29.8. The summed E-state index contributed by atoms with van der Waals surface area (Å²) >= 11 is 1.42. The average molecular weight is 566 g/mol. The minimum absolute atomic E-state index is 0.184. The standard InChI is InChI=1S/C17H11FN4OS.2C2HF3O2/c1-22-17(23)14-12(10-2-5-19-6-3-10)9-24-16(14)15(21-22)11-4-7-20-13(18)8-11;2*3-2(4,5)1(6)7/h2-9H,1H3;2*(H,6,7). The SMILES string of the molecule is Cn1nc(-c2ccnc(F)c2)c2scc(-c3ccncc3)c2c1=O.O=C(O)C(F)(F)F.O=C(O)C(F)(F)F. The summed E-state index contributed by atoms with van der Waals surface area (Å²) < 4.78 is 79.0. The zero-order valence-electron chi connectivity index (χ0n) is 18.6. The van der Waals surface area contributed by atoms with Gasteiger partial charge in [0.1, 0.15) is 5.69 Å². The molecule has 4 rings (SSSR count). The van der Waals surface area contributed by atoms with Gasteiger partial charge in [0.15, 0.2) is 0 Å². The van der Waals surface area contributed by atoms with E-state index in [4.69, 9.17) is 19.8 Å². The molecule has 0 aliphatic rings. The molecule has 0 spiro atoms. The molecule has 0 atom stereocenters. The van der Waals surface area contributed by atoms with Crippen LogP contribution in [0.15, 0.2) is 53.0 Å². The number of carbonyl (C=O) groups is 2. The van der Waals surface area contributed by atoms with E-state index in [-0.39, 0.29) is 5.56 Å². The molecule has 202 valence electrons. The molecule has 0 saturated carbocycles. The van der Waals surface area contributed by atoms with E-state index in [2.05, 4.69) is 15.1 Å². The fourth-order valence-corrected chi connectivity index (χ4v) is 3.70. The van der Waals surface area contributed by atoms with Crippen molar-refractivity contribution in [2.45, 2.75) is 12.4 Å². The smallest absolute Gasteiger partial charge is 0.475 e. The zero-order valence-corrected chi connectivity index (χ0v) is 19.4. The Morgan fingerprint density at radius 1 is 0.921 bits per heavy atom. The molecule has 0 fully saturated rings. The summed E-state index contributed by atoms with van der Waals surface area (Å²) in [6.45, 7) is 0. The molecular weight excluding hydrogens is 553 g/mol. The molecule has 0 radical (unpaired) electrons. The van der Waals surface area contributed by atoms with Gasteiger partial charge >= 0.3 is 24.3 Å². The third-order valence-corrected chi connectivity index (χ3v) is 5.23. The van der Waals surface area contributed by atoms with E-state index in [0.717, 1.165) is 15.8 Å². The number of pyridine rings is 2. The second kappa shape index (κ2) is 11.8. The van der Waals surface area contributed by atoms with Crippen LogP contribution in [0, 0.1) is 5.95 Å². The van der Waals surface area contributed by atoms with E-state index in [9.17, 15) is 35.5 Å². The van der Waals surface area contributed by atoms with Crippen molar-refractivity contribution in [3.63, 3.8) is 0 Å². The minimum Gasteiger partial charge on any atom is -0.475 e. The first-order valence-electron chi connectivity index (χ1n) is 9.65. The fraction of sp³-hybridized carbons (Fsp3) is 0.143. The van der Waals surface area contributed by atoms with Crippen LogP contribution in [0.4, 0.5) is 30.7 Å². The first-order valence-corrected chi connectivity index (χ1v) is 10.5. The number of rotatable bonds is 2. The maximum atomic E-state index is 13.5. The molecule has 0 bridgehead atoms. The van der Waals surface area contributed by atoms with Crippen LogP contribution in [0.2, 0.25) is 0 Å². The van der Waals surface area contributed by atoms with Gasteiger partial charge in [0, 0.05) is 48.2 Å². The van der Waals surface area contributed by atoms with Crippen molar-refractivity contribution in [1.82, 2.24) is 19.7 Å². The number of alkyl halides is 6.